The standard InChI is InChI=1S/C24H29N5O4/c1-24(2,32)21(22(30)27-33)26-23(31)29-15-13-28(14-16-29)20-11-7-18(8-12-20)4-3-17-5-9-19(25)10-6-17/h5-12,21,32-33H,13-16,25H2,1-2H3,(H,26,31)(H,27,30)/t21-/m1/s1. The van der Waals surface area contributed by atoms with Crippen molar-refractivity contribution in [3.8, 4) is 11.8 Å². The number of carbonyl (C=O) groups is 2. The van der Waals surface area contributed by atoms with Crippen LogP contribution in [0, 0.1) is 11.8 Å². The van der Waals surface area contributed by atoms with Crippen molar-refractivity contribution in [1.29, 1.82) is 0 Å². The Kier molecular flexibility index (Phi) is 7.43. The Bertz CT molecular complexity index is 1030. The first-order valence-electron chi connectivity index (χ1n) is 10.6. The maximum atomic E-state index is 12.6. The molecular weight excluding hydrogens is 422 g/mol. The molecule has 0 saturated carbocycles. The highest BCUT2D eigenvalue weighted by Crippen LogP contribution is 2.18. The van der Waals surface area contributed by atoms with Gasteiger partial charge in [-0.2, -0.15) is 0 Å². The van der Waals surface area contributed by atoms with Gasteiger partial charge in [-0.3, -0.25) is 10.0 Å². The van der Waals surface area contributed by atoms with Crippen LogP contribution in [0.2, 0.25) is 0 Å². The van der Waals surface area contributed by atoms with E-state index in [1.54, 1.807) is 4.90 Å². The number of amides is 3. The van der Waals surface area contributed by atoms with Crippen molar-refractivity contribution < 1.29 is 19.9 Å². The highest BCUT2D eigenvalue weighted by Gasteiger charge is 2.36. The maximum absolute atomic E-state index is 12.6. The van der Waals surface area contributed by atoms with E-state index >= 15 is 0 Å². The Balaban J connectivity index is 1.56. The molecule has 1 aliphatic rings. The topological polar surface area (TPSA) is 131 Å². The summed E-state index contributed by atoms with van der Waals surface area (Å²) in [5.41, 5.74) is 9.15. The Morgan fingerprint density at radius 3 is 1.97 bits per heavy atom. The van der Waals surface area contributed by atoms with Crippen molar-refractivity contribution in [2.75, 3.05) is 36.8 Å². The van der Waals surface area contributed by atoms with Crippen LogP contribution in [0.1, 0.15) is 25.0 Å². The third-order valence-electron chi connectivity index (χ3n) is 5.41. The lowest BCUT2D eigenvalue weighted by molar-refractivity contribution is -0.136. The van der Waals surface area contributed by atoms with E-state index in [4.69, 9.17) is 10.9 Å². The monoisotopic (exact) mass is 451 g/mol. The van der Waals surface area contributed by atoms with E-state index in [2.05, 4.69) is 22.1 Å². The summed E-state index contributed by atoms with van der Waals surface area (Å²) in [4.78, 5) is 28.1. The molecular formula is C24H29N5O4. The first kappa shape index (κ1) is 23.9. The number of nitrogens with zero attached hydrogens (tertiary/aromatic N) is 2. The van der Waals surface area contributed by atoms with Crippen LogP contribution in [0.3, 0.4) is 0 Å². The van der Waals surface area contributed by atoms with Crippen LogP contribution in [0.15, 0.2) is 48.5 Å². The molecule has 1 saturated heterocycles. The van der Waals surface area contributed by atoms with Crippen LogP contribution in [0.4, 0.5) is 16.2 Å². The van der Waals surface area contributed by atoms with Crippen LogP contribution >= 0.6 is 0 Å². The fourth-order valence-electron chi connectivity index (χ4n) is 3.48. The smallest absolute Gasteiger partial charge is 0.318 e. The van der Waals surface area contributed by atoms with Gasteiger partial charge in [-0.15, -0.1) is 0 Å². The lowest BCUT2D eigenvalue weighted by Gasteiger charge is -2.37. The highest BCUT2D eigenvalue weighted by atomic mass is 16.5. The molecule has 1 aliphatic heterocycles. The maximum Gasteiger partial charge on any atom is 0.318 e. The summed E-state index contributed by atoms with van der Waals surface area (Å²) < 4.78 is 0. The van der Waals surface area contributed by atoms with Crippen molar-refractivity contribution in [1.82, 2.24) is 15.7 Å². The van der Waals surface area contributed by atoms with E-state index in [0.29, 0.717) is 31.9 Å². The molecule has 2 aromatic carbocycles. The average molecular weight is 452 g/mol. The normalized spacial score (nSPS) is 14.7. The van der Waals surface area contributed by atoms with Gasteiger partial charge in [0, 0.05) is 48.7 Å². The summed E-state index contributed by atoms with van der Waals surface area (Å²) in [6.07, 6.45) is 0. The second-order valence-corrected chi connectivity index (χ2v) is 8.41. The van der Waals surface area contributed by atoms with Crippen molar-refractivity contribution in [2.45, 2.75) is 25.5 Å². The first-order chi connectivity index (χ1) is 15.7. The molecule has 3 rings (SSSR count). The molecule has 1 atom stereocenters. The summed E-state index contributed by atoms with van der Waals surface area (Å²) in [5, 5.41) is 21.5. The molecule has 0 aliphatic carbocycles. The van der Waals surface area contributed by atoms with Crippen LogP contribution in [0.25, 0.3) is 0 Å². The van der Waals surface area contributed by atoms with Crippen molar-refractivity contribution >= 4 is 23.3 Å². The number of hydrogen-bond donors (Lipinski definition) is 5. The molecule has 0 radical (unpaired) electrons. The van der Waals surface area contributed by atoms with Gasteiger partial charge in [0.05, 0.1) is 5.60 Å². The number of piperazine rings is 1. The van der Waals surface area contributed by atoms with Gasteiger partial charge in [-0.25, -0.2) is 10.3 Å². The summed E-state index contributed by atoms with van der Waals surface area (Å²) in [6, 6.07) is 13.6. The van der Waals surface area contributed by atoms with Crippen molar-refractivity contribution in [3.05, 3.63) is 59.7 Å². The van der Waals surface area contributed by atoms with E-state index in [1.165, 1.54) is 19.3 Å². The molecule has 9 heteroatoms. The molecule has 0 unspecified atom stereocenters. The molecule has 0 aromatic heterocycles. The number of nitrogen functional groups attached to an aromatic ring is 1. The van der Waals surface area contributed by atoms with Gasteiger partial charge in [0.1, 0.15) is 6.04 Å². The zero-order chi connectivity index (χ0) is 24.0. The Hall–Kier alpha value is -3.74. The predicted molar refractivity (Wildman–Crippen MR) is 126 cm³/mol. The second kappa shape index (κ2) is 10.3. The highest BCUT2D eigenvalue weighted by molar-refractivity contribution is 5.87. The fraction of sp³-hybridized carbons (Fsp3) is 0.333. The van der Waals surface area contributed by atoms with Crippen LogP contribution < -0.4 is 21.4 Å². The van der Waals surface area contributed by atoms with Crippen LogP contribution in [-0.4, -0.2) is 65.0 Å². The van der Waals surface area contributed by atoms with E-state index in [9.17, 15) is 14.7 Å². The van der Waals surface area contributed by atoms with E-state index in [-0.39, 0.29) is 0 Å². The number of nitrogens with one attached hydrogen (secondary N) is 2. The number of carbonyl (C=O) groups excluding carboxylic acids is 2. The molecule has 2 aromatic rings. The van der Waals surface area contributed by atoms with Gasteiger partial charge in [0.2, 0.25) is 0 Å². The average Bonchev–Trinajstić information content (AvgIpc) is 2.81. The number of hydroxylamine groups is 1. The summed E-state index contributed by atoms with van der Waals surface area (Å²) in [5.74, 6) is 5.37. The number of nitrogens with two attached hydrogens (primary N) is 1. The number of urea groups is 1. The van der Waals surface area contributed by atoms with Gasteiger partial charge in [0.15, 0.2) is 0 Å². The van der Waals surface area contributed by atoms with Gasteiger partial charge >= 0.3 is 6.03 Å². The fourth-order valence-corrected chi connectivity index (χ4v) is 3.48. The SMILES string of the molecule is CC(C)(O)[C@H](NC(=O)N1CCN(c2ccc(C#Cc3ccc(N)cc3)cc2)CC1)C(=O)NO. The summed E-state index contributed by atoms with van der Waals surface area (Å²) in [7, 11) is 0. The molecule has 0 bridgehead atoms. The van der Waals surface area contributed by atoms with Crippen LogP contribution in [0.5, 0.6) is 0 Å². The Morgan fingerprint density at radius 1 is 0.970 bits per heavy atom. The molecule has 3 amide bonds. The number of benzene rings is 2. The molecule has 9 nitrogen and oxygen atoms in total. The van der Waals surface area contributed by atoms with Crippen molar-refractivity contribution in [2.24, 2.45) is 0 Å². The Labute approximate surface area is 193 Å². The number of rotatable bonds is 4. The summed E-state index contributed by atoms with van der Waals surface area (Å²) in [6.45, 7) is 4.89. The third-order valence-corrected chi connectivity index (χ3v) is 5.41. The van der Waals surface area contributed by atoms with Crippen molar-refractivity contribution in [3.63, 3.8) is 0 Å². The minimum atomic E-state index is -1.54. The van der Waals surface area contributed by atoms with E-state index in [0.717, 1.165) is 16.8 Å². The first-order valence-corrected chi connectivity index (χ1v) is 10.6. The lowest BCUT2D eigenvalue weighted by Crippen LogP contribution is -2.61. The largest absolute Gasteiger partial charge is 0.399 e. The number of hydrogen-bond acceptors (Lipinski definition) is 6. The van der Waals surface area contributed by atoms with Crippen LogP contribution in [-0.2, 0) is 4.79 Å². The van der Waals surface area contributed by atoms with Gasteiger partial charge < -0.3 is 26.0 Å². The molecule has 174 valence electrons. The Morgan fingerprint density at radius 2 is 1.48 bits per heavy atom. The van der Waals surface area contributed by atoms with Gasteiger partial charge in [0.25, 0.3) is 5.91 Å². The molecule has 33 heavy (non-hydrogen) atoms. The lowest BCUT2D eigenvalue weighted by atomic mass is 9.98. The second-order valence-electron chi connectivity index (χ2n) is 8.41. The molecule has 1 fully saturated rings. The third kappa shape index (κ3) is 6.38. The minimum Gasteiger partial charge on any atom is -0.399 e. The molecule has 1 heterocycles. The number of aliphatic hydroxyl groups is 1. The molecule has 0 spiro atoms. The zero-order valence-electron chi connectivity index (χ0n) is 18.7. The molecule has 6 N–H and O–H groups in total. The minimum absolute atomic E-state index is 0.448. The van der Waals surface area contributed by atoms with E-state index in [1.807, 2.05) is 48.5 Å². The number of anilines is 2. The predicted octanol–water partition coefficient (Wildman–Crippen LogP) is 1.15. The zero-order valence-corrected chi connectivity index (χ0v) is 18.7. The van der Waals surface area contributed by atoms with Gasteiger partial charge in [-0.05, 0) is 62.4 Å². The van der Waals surface area contributed by atoms with E-state index < -0.39 is 23.6 Å². The quantitative estimate of drug-likeness (QED) is 0.205. The van der Waals surface area contributed by atoms with Gasteiger partial charge in [-0.1, -0.05) is 11.8 Å². The summed E-state index contributed by atoms with van der Waals surface area (Å²) >= 11 is 0.